The molecule has 0 spiro atoms. The zero-order chi connectivity index (χ0) is 22.3. The Balaban J connectivity index is 1.45. The van der Waals surface area contributed by atoms with Crippen molar-refractivity contribution in [2.75, 3.05) is 12.4 Å². The first-order valence-corrected chi connectivity index (χ1v) is 11.2. The molecule has 0 aliphatic heterocycles. The number of thioether (sulfide) groups is 1. The lowest BCUT2D eigenvalue weighted by atomic mass is 10.2. The van der Waals surface area contributed by atoms with E-state index in [4.69, 9.17) is 16.3 Å². The lowest BCUT2D eigenvalue weighted by Crippen LogP contribution is -2.18. The second-order valence-electron chi connectivity index (χ2n) is 6.93. The van der Waals surface area contributed by atoms with Crippen molar-refractivity contribution in [1.82, 2.24) is 19.7 Å². The predicted molar refractivity (Wildman–Crippen MR) is 122 cm³/mol. The summed E-state index contributed by atoms with van der Waals surface area (Å²) in [5, 5.41) is 20.2. The molecule has 0 radical (unpaired) electrons. The minimum atomic E-state index is -0.717. The molecular weight excluding hydrogens is 451 g/mol. The molecule has 0 fully saturated rings. The van der Waals surface area contributed by atoms with Gasteiger partial charge in [0.25, 0.3) is 0 Å². The van der Waals surface area contributed by atoms with Gasteiger partial charge in [-0.25, -0.2) is 4.39 Å². The van der Waals surface area contributed by atoms with Gasteiger partial charge in [-0.15, -0.1) is 10.2 Å². The predicted octanol–water partition coefficient (Wildman–Crippen LogP) is 4.79. The average molecular weight is 471 g/mol. The normalized spacial score (nSPS) is 12.1. The topological polar surface area (TPSA) is 73.1 Å². The lowest BCUT2D eigenvalue weighted by molar-refractivity contribution is 0.0398. The Morgan fingerprint density at radius 3 is 2.53 bits per heavy atom. The molecule has 0 saturated heterocycles. The van der Waals surface area contributed by atoms with Crippen molar-refractivity contribution in [3.8, 4) is 17.1 Å². The van der Waals surface area contributed by atoms with Crippen LogP contribution >= 0.6 is 23.4 Å². The summed E-state index contributed by atoms with van der Waals surface area (Å²) in [7, 11) is 0. The Hall–Kier alpha value is -2.78. The third-order valence-electron chi connectivity index (χ3n) is 4.59. The van der Waals surface area contributed by atoms with Crippen LogP contribution in [0.4, 0.5) is 4.39 Å². The van der Waals surface area contributed by atoms with Crippen molar-refractivity contribution in [3.05, 3.63) is 89.5 Å². The highest BCUT2D eigenvalue weighted by atomic mass is 35.5. The number of benzene rings is 2. The summed E-state index contributed by atoms with van der Waals surface area (Å²) in [4.78, 5) is 4.04. The smallest absolute Gasteiger partial charge is 0.196 e. The van der Waals surface area contributed by atoms with Gasteiger partial charge in [-0.3, -0.25) is 9.55 Å². The van der Waals surface area contributed by atoms with Gasteiger partial charge < -0.3 is 9.84 Å². The summed E-state index contributed by atoms with van der Waals surface area (Å²) in [6.45, 7) is 0.472. The molecular formula is C23H20ClFN4O2S. The van der Waals surface area contributed by atoms with E-state index >= 15 is 0 Å². The van der Waals surface area contributed by atoms with Crippen LogP contribution in [0.3, 0.4) is 0 Å². The highest BCUT2D eigenvalue weighted by Gasteiger charge is 2.18. The van der Waals surface area contributed by atoms with Crippen molar-refractivity contribution < 1.29 is 14.2 Å². The molecule has 0 saturated carbocycles. The van der Waals surface area contributed by atoms with Crippen LogP contribution in [0.1, 0.15) is 5.56 Å². The van der Waals surface area contributed by atoms with Gasteiger partial charge in [0.05, 0.1) is 19.3 Å². The summed E-state index contributed by atoms with van der Waals surface area (Å²) in [5.41, 5.74) is 2.41. The molecule has 1 N–H and O–H groups in total. The number of aromatic nitrogens is 4. The fraction of sp³-hybridized carbons (Fsp3) is 0.174. The van der Waals surface area contributed by atoms with Crippen LogP contribution in [0, 0.1) is 5.82 Å². The first-order valence-electron chi connectivity index (χ1n) is 9.85. The Bertz CT molecular complexity index is 1160. The minimum Gasteiger partial charge on any atom is -0.390 e. The first-order chi connectivity index (χ1) is 15.6. The summed E-state index contributed by atoms with van der Waals surface area (Å²) >= 11 is 7.47. The molecule has 0 aliphatic rings. The molecule has 2 aromatic carbocycles. The van der Waals surface area contributed by atoms with Crippen LogP contribution in [0.15, 0.2) is 78.2 Å². The standard InChI is InChI=1S/C23H20ClFN4O2S/c24-21-4-2-1-3-17(21)13-31-14-20(30)15-32-23-28-27-22(16-9-11-26-12-10-16)29(23)19-7-5-18(25)6-8-19/h1-12,20,30H,13-15H2. The first kappa shape index (κ1) is 22.4. The van der Waals surface area contributed by atoms with Gasteiger partial charge in [0, 0.05) is 34.4 Å². The van der Waals surface area contributed by atoms with Crippen molar-refractivity contribution in [2.24, 2.45) is 0 Å². The summed E-state index contributed by atoms with van der Waals surface area (Å²) in [5.74, 6) is 0.622. The van der Waals surface area contributed by atoms with Gasteiger partial charge in [0.2, 0.25) is 0 Å². The van der Waals surface area contributed by atoms with Crippen LogP contribution < -0.4 is 0 Å². The van der Waals surface area contributed by atoms with E-state index in [0.29, 0.717) is 28.4 Å². The van der Waals surface area contributed by atoms with E-state index in [9.17, 15) is 9.50 Å². The van der Waals surface area contributed by atoms with E-state index in [1.54, 1.807) is 30.6 Å². The third-order valence-corrected chi connectivity index (χ3v) is 6.03. The van der Waals surface area contributed by atoms with Crippen LogP contribution in [0.2, 0.25) is 5.02 Å². The molecule has 0 aliphatic carbocycles. The molecule has 6 nitrogen and oxygen atoms in total. The van der Waals surface area contributed by atoms with Crippen LogP contribution in [0.25, 0.3) is 17.1 Å². The van der Waals surface area contributed by atoms with E-state index in [-0.39, 0.29) is 12.4 Å². The van der Waals surface area contributed by atoms with E-state index in [1.165, 1.54) is 23.9 Å². The molecule has 2 heterocycles. The molecule has 1 atom stereocenters. The summed E-state index contributed by atoms with van der Waals surface area (Å²) < 4.78 is 20.9. The number of rotatable bonds is 9. The molecule has 164 valence electrons. The molecule has 1 unspecified atom stereocenters. The minimum absolute atomic E-state index is 0.153. The number of halogens is 2. The van der Waals surface area contributed by atoms with Crippen molar-refractivity contribution >= 4 is 23.4 Å². The molecule has 0 bridgehead atoms. The highest BCUT2D eigenvalue weighted by Crippen LogP contribution is 2.28. The Labute approximate surface area is 194 Å². The van der Waals surface area contributed by atoms with Gasteiger partial charge in [-0.2, -0.15) is 0 Å². The van der Waals surface area contributed by atoms with Gasteiger partial charge in [0.1, 0.15) is 5.82 Å². The maximum atomic E-state index is 13.5. The number of aliphatic hydroxyl groups is 1. The van der Waals surface area contributed by atoms with Crippen LogP contribution in [-0.2, 0) is 11.3 Å². The Morgan fingerprint density at radius 2 is 1.78 bits per heavy atom. The number of ether oxygens (including phenoxy) is 1. The summed E-state index contributed by atoms with van der Waals surface area (Å²) in [6, 6.07) is 17.2. The number of hydrogen-bond donors (Lipinski definition) is 1. The van der Waals surface area contributed by atoms with Crippen molar-refractivity contribution in [1.29, 1.82) is 0 Å². The fourth-order valence-electron chi connectivity index (χ4n) is 3.01. The second-order valence-corrected chi connectivity index (χ2v) is 8.32. The van der Waals surface area contributed by atoms with Crippen molar-refractivity contribution in [3.63, 3.8) is 0 Å². The number of nitrogens with zero attached hydrogens (tertiary/aromatic N) is 4. The van der Waals surface area contributed by atoms with E-state index in [1.807, 2.05) is 34.9 Å². The van der Waals surface area contributed by atoms with Gasteiger partial charge in [-0.05, 0) is 48.0 Å². The molecule has 9 heteroatoms. The van der Waals surface area contributed by atoms with E-state index in [0.717, 1.165) is 16.8 Å². The zero-order valence-electron chi connectivity index (χ0n) is 16.9. The summed E-state index contributed by atoms with van der Waals surface area (Å²) in [6.07, 6.45) is 2.63. The zero-order valence-corrected chi connectivity index (χ0v) is 18.5. The SMILES string of the molecule is OC(COCc1ccccc1Cl)CSc1nnc(-c2ccncc2)n1-c1ccc(F)cc1. The molecule has 2 aromatic heterocycles. The maximum absolute atomic E-state index is 13.5. The number of aliphatic hydroxyl groups excluding tert-OH is 1. The third kappa shape index (κ3) is 5.52. The molecule has 4 rings (SSSR count). The highest BCUT2D eigenvalue weighted by molar-refractivity contribution is 7.99. The second kappa shape index (κ2) is 10.7. The van der Waals surface area contributed by atoms with E-state index in [2.05, 4.69) is 15.2 Å². The fourth-order valence-corrected chi connectivity index (χ4v) is 4.06. The lowest BCUT2D eigenvalue weighted by Gasteiger charge is -2.13. The quantitative estimate of drug-likeness (QED) is 0.354. The van der Waals surface area contributed by atoms with Crippen LogP contribution in [0.5, 0.6) is 0 Å². The number of hydrogen-bond acceptors (Lipinski definition) is 6. The molecule has 4 aromatic rings. The number of pyridine rings is 1. The molecule has 0 amide bonds. The van der Waals surface area contributed by atoms with Gasteiger partial charge >= 0.3 is 0 Å². The Kier molecular flexibility index (Phi) is 7.49. The monoisotopic (exact) mass is 470 g/mol. The van der Waals surface area contributed by atoms with E-state index < -0.39 is 6.10 Å². The molecule has 32 heavy (non-hydrogen) atoms. The van der Waals surface area contributed by atoms with Gasteiger partial charge in [-0.1, -0.05) is 41.6 Å². The van der Waals surface area contributed by atoms with Crippen molar-refractivity contribution in [2.45, 2.75) is 17.9 Å². The largest absolute Gasteiger partial charge is 0.390 e. The Morgan fingerprint density at radius 1 is 1.03 bits per heavy atom. The maximum Gasteiger partial charge on any atom is 0.196 e. The van der Waals surface area contributed by atoms with Crippen LogP contribution in [-0.4, -0.2) is 43.3 Å². The average Bonchev–Trinajstić information content (AvgIpc) is 3.24. The van der Waals surface area contributed by atoms with Gasteiger partial charge in [0.15, 0.2) is 11.0 Å².